The third kappa shape index (κ3) is 7.59. The van der Waals surface area contributed by atoms with Crippen LogP contribution in [0.2, 0.25) is 0 Å². The average molecular weight is 441 g/mol. The van der Waals surface area contributed by atoms with Crippen molar-refractivity contribution in [3.05, 3.63) is 59.7 Å². The summed E-state index contributed by atoms with van der Waals surface area (Å²) in [5.74, 6) is 1.49. The van der Waals surface area contributed by atoms with E-state index in [-0.39, 0.29) is 11.8 Å². The highest BCUT2D eigenvalue weighted by atomic mass is 16.5. The van der Waals surface area contributed by atoms with Crippen molar-refractivity contribution >= 4 is 11.8 Å². The molecule has 2 aromatic rings. The quantitative estimate of drug-likeness (QED) is 0.544. The van der Waals surface area contributed by atoms with E-state index in [2.05, 4.69) is 5.32 Å². The van der Waals surface area contributed by atoms with Crippen LogP contribution in [0.25, 0.3) is 0 Å². The van der Waals surface area contributed by atoms with Gasteiger partial charge in [0.05, 0.1) is 14.2 Å². The number of hydrogen-bond acceptors (Lipinski definition) is 4. The van der Waals surface area contributed by atoms with Gasteiger partial charge in [-0.25, -0.2) is 0 Å². The highest BCUT2D eigenvalue weighted by Crippen LogP contribution is 2.28. The molecule has 0 bridgehead atoms. The van der Waals surface area contributed by atoms with E-state index < -0.39 is 6.04 Å². The molecule has 0 fully saturated rings. The molecule has 0 radical (unpaired) electrons. The summed E-state index contributed by atoms with van der Waals surface area (Å²) in [5.41, 5.74) is 2.12. The summed E-state index contributed by atoms with van der Waals surface area (Å²) < 4.78 is 10.6. The minimum atomic E-state index is -0.532. The number of amides is 2. The lowest BCUT2D eigenvalue weighted by Crippen LogP contribution is -2.49. The average Bonchev–Trinajstić information content (AvgIpc) is 2.81. The normalized spacial score (nSPS) is 11.7. The Balaban J connectivity index is 2.08. The van der Waals surface area contributed by atoms with E-state index in [1.165, 1.54) is 0 Å². The molecule has 2 aromatic carbocycles. The number of rotatable bonds is 12. The van der Waals surface area contributed by atoms with E-state index in [0.717, 1.165) is 11.1 Å². The number of ether oxygens (including phenoxy) is 2. The van der Waals surface area contributed by atoms with Crippen LogP contribution >= 0.6 is 0 Å². The Hall–Kier alpha value is -3.02. The van der Waals surface area contributed by atoms with E-state index in [0.29, 0.717) is 49.8 Å². The number of aryl methyl sites for hydroxylation is 1. The van der Waals surface area contributed by atoms with E-state index >= 15 is 0 Å². The second-order valence-corrected chi connectivity index (χ2v) is 8.33. The minimum absolute atomic E-state index is 0.0390. The highest BCUT2D eigenvalue weighted by Gasteiger charge is 2.25. The maximum Gasteiger partial charge on any atom is 0.242 e. The molecule has 0 aliphatic heterocycles. The van der Waals surface area contributed by atoms with E-state index in [1.54, 1.807) is 26.0 Å². The molecular weight excluding hydrogens is 404 g/mol. The zero-order chi connectivity index (χ0) is 23.5. The molecule has 6 heteroatoms. The third-order valence-electron chi connectivity index (χ3n) is 5.41. The van der Waals surface area contributed by atoms with Crippen molar-refractivity contribution < 1.29 is 19.1 Å². The monoisotopic (exact) mass is 440 g/mol. The predicted octanol–water partition coefficient (Wildman–Crippen LogP) is 3.87. The first-order valence-electron chi connectivity index (χ1n) is 11.2. The van der Waals surface area contributed by atoms with Gasteiger partial charge in [0.15, 0.2) is 11.5 Å². The van der Waals surface area contributed by atoms with Crippen molar-refractivity contribution in [3.63, 3.8) is 0 Å². The Labute approximate surface area is 191 Å². The van der Waals surface area contributed by atoms with Gasteiger partial charge in [-0.15, -0.1) is 0 Å². The Kier molecular flexibility index (Phi) is 10.1. The van der Waals surface area contributed by atoms with Crippen LogP contribution in [-0.4, -0.2) is 50.1 Å². The van der Waals surface area contributed by atoms with Crippen LogP contribution in [0.3, 0.4) is 0 Å². The summed E-state index contributed by atoms with van der Waals surface area (Å²) in [7, 11) is 3.19. The van der Waals surface area contributed by atoms with Gasteiger partial charge < -0.3 is 19.7 Å². The van der Waals surface area contributed by atoms with Gasteiger partial charge in [-0.1, -0.05) is 50.2 Å². The maximum absolute atomic E-state index is 13.2. The molecule has 174 valence electrons. The summed E-state index contributed by atoms with van der Waals surface area (Å²) in [5, 5.41) is 2.95. The minimum Gasteiger partial charge on any atom is -0.493 e. The molecule has 1 atom stereocenters. The van der Waals surface area contributed by atoms with Gasteiger partial charge in [-0.2, -0.15) is 0 Å². The molecule has 32 heavy (non-hydrogen) atoms. The van der Waals surface area contributed by atoms with Crippen LogP contribution < -0.4 is 14.8 Å². The van der Waals surface area contributed by atoms with Crippen LogP contribution in [0.1, 0.15) is 38.3 Å². The zero-order valence-corrected chi connectivity index (χ0v) is 19.9. The van der Waals surface area contributed by atoms with E-state index in [9.17, 15) is 9.59 Å². The summed E-state index contributed by atoms with van der Waals surface area (Å²) in [6, 6.07) is 15.1. The molecule has 0 aromatic heterocycles. The Morgan fingerprint density at radius 3 is 2.22 bits per heavy atom. The lowest BCUT2D eigenvalue weighted by molar-refractivity contribution is -0.139. The Bertz CT molecular complexity index is 867. The molecule has 0 aliphatic carbocycles. The Morgan fingerprint density at radius 1 is 0.906 bits per heavy atom. The first-order chi connectivity index (χ1) is 15.3. The predicted molar refractivity (Wildman–Crippen MR) is 127 cm³/mol. The summed E-state index contributed by atoms with van der Waals surface area (Å²) in [4.78, 5) is 27.6. The van der Waals surface area contributed by atoms with Crippen molar-refractivity contribution in [3.8, 4) is 11.5 Å². The van der Waals surface area contributed by atoms with Gasteiger partial charge in [-0.05, 0) is 48.9 Å². The first kappa shape index (κ1) is 25.2. The number of benzene rings is 2. The molecule has 0 saturated heterocycles. The fraction of sp³-hybridized carbons (Fsp3) is 0.462. The van der Waals surface area contributed by atoms with Crippen molar-refractivity contribution in [2.45, 2.75) is 46.1 Å². The van der Waals surface area contributed by atoms with Gasteiger partial charge in [-0.3, -0.25) is 9.59 Å². The summed E-state index contributed by atoms with van der Waals surface area (Å²) >= 11 is 0. The smallest absolute Gasteiger partial charge is 0.242 e. The molecule has 0 saturated carbocycles. The molecule has 2 rings (SSSR count). The largest absolute Gasteiger partial charge is 0.493 e. The molecule has 2 amide bonds. The molecule has 0 aliphatic rings. The van der Waals surface area contributed by atoms with Crippen molar-refractivity contribution in [1.29, 1.82) is 0 Å². The van der Waals surface area contributed by atoms with Crippen molar-refractivity contribution in [2.24, 2.45) is 5.92 Å². The molecule has 6 nitrogen and oxygen atoms in total. The van der Waals surface area contributed by atoms with Crippen molar-refractivity contribution in [1.82, 2.24) is 10.2 Å². The molecule has 0 spiro atoms. The second-order valence-electron chi connectivity index (χ2n) is 8.33. The SMILES string of the molecule is COc1ccc(CCC(=O)N(CCc2ccccc2)C(C)C(=O)NCC(C)C)cc1OC. The Morgan fingerprint density at radius 2 is 1.59 bits per heavy atom. The van der Waals surface area contributed by atoms with Crippen LogP contribution in [0, 0.1) is 5.92 Å². The van der Waals surface area contributed by atoms with Gasteiger partial charge in [0.1, 0.15) is 6.04 Å². The lowest BCUT2D eigenvalue weighted by atomic mass is 10.1. The van der Waals surface area contributed by atoms with Crippen LogP contribution in [0.5, 0.6) is 11.5 Å². The number of hydrogen-bond donors (Lipinski definition) is 1. The van der Waals surface area contributed by atoms with Gasteiger partial charge >= 0.3 is 0 Å². The highest BCUT2D eigenvalue weighted by molar-refractivity contribution is 5.87. The van der Waals surface area contributed by atoms with E-state index in [4.69, 9.17) is 9.47 Å². The number of methoxy groups -OCH3 is 2. The number of carbonyl (C=O) groups is 2. The molecule has 1 N–H and O–H groups in total. The lowest BCUT2D eigenvalue weighted by Gasteiger charge is -2.29. The third-order valence-corrected chi connectivity index (χ3v) is 5.41. The summed E-state index contributed by atoms with van der Waals surface area (Å²) in [6.45, 7) is 6.98. The first-order valence-corrected chi connectivity index (χ1v) is 11.2. The fourth-order valence-electron chi connectivity index (χ4n) is 3.45. The maximum atomic E-state index is 13.2. The van der Waals surface area contributed by atoms with Crippen LogP contribution in [0.15, 0.2) is 48.5 Å². The van der Waals surface area contributed by atoms with Crippen LogP contribution in [-0.2, 0) is 22.4 Å². The topological polar surface area (TPSA) is 67.9 Å². The van der Waals surface area contributed by atoms with E-state index in [1.807, 2.05) is 62.4 Å². The standard InChI is InChI=1S/C26H36N2O4/c1-19(2)18-27-26(30)20(3)28(16-15-21-9-7-6-8-10-21)25(29)14-12-22-11-13-23(31-4)24(17-22)32-5/h6-11,13,17,19-20H,12,14-16,18H2,1-5H3,(H,27,30). The molecule has 1 unspecified atom stereocenters. The van der Waals surface area contributed by atoms with Crippen molar-refractivity contribution in [2.75, 3.05) is 27.3 Å². The van der Waals surface area contributed by atoms with Crippen LogP contribution in [0.4, 0.5) is 0 Å². The zero-order valence-electron chi connectivity index (χ0n) is 19.9. The van der Waals surface area contributed by atoms with Gasteiger partial charge in [0.2, 0.25) is 11.8 Å². The fourth-order valence-corrected chi connectivity index (χ4v) is 3.45. The molecular formula is C26H36N2O4. The van der Waals surface area contributed by atoms with Gasteiger partial charge in [0.25, 0.3) is 0 Å². The number of nitrogens with zero attached hydrogens (tertiary/aromatic N) is 1. The van der Waals surface area contributed by atoms with Gasteiger partial charge in [0, 0.05) is 19.5 Å². The number of nitrogens with one attached hydrogen (secondary N) is 1. The molecule has 0 heterocycles. The second kappa shape index (κ2) is 12.7. The number of carbonyl (C=O) groups excluding carboxylic acids is 2. The summed E-state index contributed by atoms with van der Waals surface area (Å²) in [6.07, 6.45) is 1.57.